The molecule has 5 nitrogen and oxygen atoms in total. The molecular weight excluding hydrogens is 312 g/mol. The zero-order valence-corrected chi connectivity index (χ0v) is 13.7. The van der Waals surface area contributed by atoms with Gasteiger partial charge in [-0.25, -0.2) is 0 Å². The minimum atomic E-state index is -0.409. The number of hydrogen-bond donors (Lipinski definition) is 1. The van der Waals surface area contributed by atoms with Crippen molar-refractivity contribution in [1.82, 2.24) is 9.88 Å². The number of carbonyl (C=O) groups excluding carboxylic acids is 2. The number of ketones is 1. The van der Waals surface area contributed by atoms with E-state index >= 15 is 0 Å². The molecule has 0 spiro atoms. The number of nitrogens with one attached hydrogen (secondary N) is 1. The fourth-order valence-electron chi connectivity index (χ4n) is 2.82. The average Bonchev–Trinajstić information content (AvgIpc) is 3.05. The summed E-state index contributed by atoms with van der Waals surface area (Å²) in [5, 5.41) is 1.96. The lowest BCUT2D eigenvalue weighted by Crippen LogP contribution is -2.35. The number of amides is 1. The summed E-state index contributed by atoms with van der Waals surface area (Å²) in [6.45, 7) is 2.85. The largest absolute Gasteiger partial charge is 0.334 e. The van der Waals surface area contributed by atoms with E-state index in [0.29, 0.717) is 37.2 Å². The average molecular weight is 330 g/mol. The molecule has 2 aromatic rings. The number of H-pyrrole nitrogens is 1. The summed E-state index contributed by atoms with van der Waals surface area (Å²) in [5.74, 6) is -0.332. The number of fused-ring (bicyclic) bond motifs is 1. The molecule has 6 heteroatoms. The molecule has 0 radical (unpaired) electrons. The Morgan fingerprint density at radius 2 is 2.17 bits per heavy atom. The first kappa shape index (κ1) is 15.7. The number of thiophene rings is 1. The van der Waals surface area contributed by atoms with Crippen molar-refractivity contribution in [1.29, 1.82) is 0 Å². The van der Waals surface area contributed by atoms with Crippen LogP contribution in [0.15, 0.2) is 28.4 Å². The van der Waals surface area contributed by atoms with Crippen LogP contribution in [0.4, 0.5) is 0 Å². The number of Topliss-reactive ketones (excluding diaryl/α,β-unsaturated/α-hetero) is 1. The van der Waals surface area contributed by atoms with Crippen LogP contribution in [-0.2, 0) is 13.0 Å². The number of carbonyl (C=O) groups is 2. The van der Waals surface area contributed by atoms with E-state index in [4.69, 9.17) is 0 Å². The number of aryl methyl sites for hydroxylation is 1. The number of rotatable bonds is 4. The number of aromatic nitrogens is 1. The van der Waals surface area contributed by atoms with Gasteiger partial charge in [0.2, 0.25) is 0 Å². The minimum absolute atomic E-state index is 0.00199. The molecule has 3 rings (SSSR count). The highest BCUT2D eigenvalue weighted by molar-refractivity contribution is 7.09. The summed E-state index contributed by atoms with van der Waals surface area (Å²) in [7, 11) is 0. The molecule has 0 unspecified atom stereocenters. The molecule has 1 aliphatic rings. The molecule has 2 heterocycles. The second kappa shape index (κ2) is 6.50. The van der Waals surface area contributed by atoms with E-state index < -0.39 is 5.56 Å². The summed E-state index contributed by atoms with van der Waals surface area (Å²) < 4.78 is 0. The van der Waals surface area contributed by atoms with Crippen molar-refractivity contribution < 1.29 is 9.59 Å². The molecule has 120 valence electrons. The predicted octanol–water partition coefficient (Wildman–Crippen LogP) is 2.62. The fraction of sp³-hybridized carbons (Fsp3) is 0.353. The maximum Gasteiger partial charge on any atom is 0.261 e. The van der Waals surface area contributed by atoms with E-state index in [0.717, 1.165) is 11.3 Å². The van der Waals surface area contributed by atoms with E-state index in [1.54, 1.807) is 16.2 Å². The van der Waals surface area contributed by atoms with Gasteiger partial charge >= 0.3 is 0 Å². The highest BCUT2D eigenvalue weighted by Crippen LogP contribution is 2.20. The lowest BCUT2D eigenvalue weighted by Gasteiger charge is -2.21. The zero-order chi connectivity index (χ0) is 16.4. The van der Waals surface area contributed by atoms with Gasteiger partial charge < -0.3 is 9.88 Å². The lowest BCUT2D eigenvalue weighted by atomic mass is 9.93. The highest BCUT2D eigenvalue weighted by atomic mass is 32.1. The second-order valence-corrected chi connectivity index (χ2v) is 6.61. The number of nitrogens with zero attached hydrogens (tertiary/aromatic N) is 1. The molecule has 2 aromatic heterocycles. The Morgan fingerprint density at radius 1 is 1.35 bits per heavy atom. The molecule has 23 heavy (non-hydrogen) atoms. The van der Waals surface area contributed by atoms with Crippen LogP contribution in [0.5, 0.6) is 0 Å². The minimum Gasteiger partial charge on any atom is -0.334 e. The van der Waals surface area contributed by atoms with Gasteiger partial charge in [0, 0.05) is 29.1 Å². The summed E-state index contributed by atoms with van der Waals surface area (Å²) in [5.41, 5.74) is 0.793. The standard InChI is InChI=1S/C17H18N2O3S/c1-2-19(10-11-5-4-8-23-11)17(22)13-9-12-14(18-16(13)21)6-3-7-15(12)20/h4-5,8-9H,2-3,6-7,10H2,1H3,(H,18,21). The van der Waals surface area contributed by atoms with Crippen LogP contribution in [0.3, 0.4) is 0 Å². The van der Waals surface area contributed by atoms with Gasteiger partial charge in [0.15, 0.2) is 5.78 Å². The summed E-state index contributed by atoms with van der Waals surface area (Å²) >= 11 is 1.57. The molecule has 0 bridgehead atoms. The normalized spacial score (nSPS) is 13.7. The van der Waals surface area contributed by atoms with Gasteiger partial charge in [-0.15, -0.1) is 11.3 Å². The molecule has 0 saturated carbocycles. The first-order chi connectivity index (χ1) is 11.1. The quantitative estimate of drug-likeness (QED) is 0.937. The monoisotopic (exact) mass is 330 g/mol. The van der Waals surface area contributed by atoms with E-state index in [2.05, 4.69) is 4.98 Å². The fourth-order valence-corrected chi connectivity index (χ4v) is 3.54. The van der Waals surface area contributed by atoms with E-state index in [9.17, 15) is 14.4 Å². The van der Waals surface area contributed by atoms with Gasteiger partial charge in [0.05, 0.1) is 6.54 Å². The molecule has 0 fully saturated rings. The van der Waals surface area contributed by atoms with Gasteiger partial charge in [-0.2, -0.15) is 0 Å². The van der Waals surface area contributed by atoms with Gasteiger partial charge in [0.25, 0.3) is 11.5 Å². The highest BCUT2D eigenvalue weighted by Gasteiger charge is 2.24. The third-order valence-electron chi connectivity index (χ3n) is 4.08. The summed E-state index contributed by atoms with van der Waals surface area (Å²) in [6.07, 6.45) is 1.89. The van der Waals surface area contributed by atoms with Crippen LogP contribution in [0, 0.1) is 0 Å². The smallest absolute Gasteiger partial charge is 0.261 e. The SMILES string of the molecule is CCN(Cc1cccs1)C(=O)c1cc2c([nH]c1=O)CCCC2=O. The van der Waals surface area contributed by atoms with Crippen LogP contribution in [0.2, 0.25) is 0 Å². The predicted molar refractivity (Wildman–Crippen MR) is 89.1 cm³/mol. The first-order valence-electron chi connectivity index (χ1n) is 7.71. The topological polar surface area (TPSA) is 70.2 Å². The van der Waals surface area contributed by atoms with Gasteiger partial charge in [-0.05, 0) is 37.3 Å². The molecule has 0 saturated heterocycles. The van der Waals surface area contributed by atoms with E-state index in [1.165, 1.54) is 6.07 Å². The van der Waals surface area contributed by atoms with Crippen molar-refractivity contribution in [2.24, 2.45) is 0 Å². The van der Waals surface area contributed by atoms with Crippen molar-refractivity contribution in [2.75, 3.05) is 6.54 Å². The third kappa shape index (κ3) is 3.12. The Balaban J connectivity index is 1.93. The van der Waals surface area contributed by atoms with Gasteiger partial charge in [0.1, 0.15) is 5.56 Å². The lowest BCUT2D eigenvalue weighted by molar-refractivity contribution is 0.0752. The molecule has 1 aliphatic carbocycles. The summed E-state index contributed by atoms with van der Waals surface area (Å²) in [4.78, 5) is 42.4. The van der Waals surface area contributed by atoms with E-state index in [1.807, 2.05) is 24.4 Å². The van der Waals surface area contributed by atoms with Gasteiger partial charge in [-0.1, -0.05) is 6.07 Å². The molecule has 0 atom stereocenters. The molecule has 0 aliphatic heterocycles. The molecule has 1 N–H and O–H groups in total. The Morgan fingerprint density at radius 3 is 2.87 bits per heavy atom. The Bertz CT molecular complexity index is 793. The Kier molecular flexibility index (Phi) is 4.43. The third-order valence-corrected chi connectivity index (χ3v) is 4.94. The van der Waals surface area contributed by atoms with Crippen molar-refractivity contribution in [2.45, 2.75) is 32.7 Å². The zero-order valence-electron chi connectivity index (χ0n) is 12.9. The Hall–Kier alpha value is -2.21. The van der Waals surface area contributed by atoms with Crippen LogP contribution in [-0.4, -0.2) is 28.1 Å². The first-order valence-corrected chi connectivity index (χ1v) is 8.59. The van der Waals surface area contributed by atoms with E-state index in [-0.39, 0.29) is 17.3 Å². The van der Waals surface area contributed by atoms with Gasteiger partial charge in [-0.3, -0.25) is 14.4 Å². The molecule has 1 amide bonds. The van der Waals surface area contributed by atoms with Crippen molar-refractivity contribution in [3.05, 3.63) is 55.6 Å². The van der Waals surface area contributed by atoms with Crippen molar-refractivity contribution in [3.63, 3.8) is 0 Å². The number of hydrogen-bond acceptors (Lipinski definition) is 4. The maximum absolute atomic E-state index is 12.7. The summed E-state index contributed by atoms with van der Waals surface area (Å²) in [6, 6.07) is 5.37. The van der Waals surface area contributed by atoms with Crippen LogP contribution < -0.4 is 5.56 Å². The Labute approximate surface area is 138 Å². The molecule has 0 aromatic carbocycles. The van der Waals surface area contributed by atoms with Crippen LogP contribution >= 0.6 is 11.3 Å². The van der Waals surface area contributed by atoms with Crippen molar-refractivity contribution >= 4 is 23.0 Å². The maximum atomic E-state index is 12.7. The number of aromatic amines is 1. The van der Waals surface area contributed by atoms with Crippen LogP contribution in [0.25, 0.3) is 0 Å². The number of pyridine rings is 1. The van der Waals surface area contributed by atoms with Crippen molar-refractivity contribution in [3.8, 4) is 0 Å². The molecular formula is C17H18N2O3S. The van der Waals surface area contributed by atoms with Crippen LogP contribution in [0.1, 0.15) is 51.1 Å². The second-order valence-electron chi connectivity index (χ2n) is 5.58.